The minimum atomic E-state index is 0.341. The Kier molecular flexibility index (Phi) is 6.03. The van der Waals surface area contributed by atoms with Gasteiger partial charge in [-0.05, 0) is 30.7 Å². The largest absolute Gasteiger partial charge is 0.508 e. The molecular weight excluding hydrogens is 262 g/mol. The Morgan fingerprint density at radius 3 is 2.52 bits per heavy atom. The molecule has 2 N–H and O–H groups in total. The first-order valence-corrected chi connectivity index (χ1v) is 7.97. The molecule has 1 atom stereocenters. The van der Waals surface area contributed by atoms with Gasteiger partial charge in [0.25, 0.3) is 0 Å². The van der Waals surface area contributed by atoms with Crippen LogP contribution in [0.3, 0.4) is 0 Å². The van der Waals surface area contributed by atoms with Crippen LogP contribution in [0.15, 0.2) is 24.3 Å². The Labute approximate surface area is 128 Å². The Balaban J connectivity index is 1.83. The number of likely N-dealkylation sites (N-methyl/N-ethyl adjacent to an activating group) is 1. The maximum Gasteiger partial charge on any atom is 0.115 e. The summed E-state index contributed by atoms with van der Waals surface area (Å²) in [5.41, 5.74) is 1.14. The predicted octanol–water partition coefficient (Wildman–Crippen LogP) is 1.75. The van der Waals surface area contributed by atoms with Gasteiger partial charge in [-0.3, -0.25) is 4.90 Å². The highest BCUT2D eigenvalue weighted by Gasteiger charge is 2.24. The van der Waals surface area contributed by atoms with Gasteiger partial charge >= 0.3 is 0 Å². The van der Waals surface area contributed by atoms with E-state index in [9.17, 15) is 5.11 Å². The van der Waals surface area contributed by atoms with Crippen molar-refractivity contribution in [3.8, 4) is 5.75 Å². The van der Waals surface area contributed by atoms with Crippen LogP contribution in [-0.4, -0.2) is 60.7 Å². The first-order chi connectivity index (χ1) is 10.1. The maximum atomic E-state index is 9.50. The minimum absolute atomic E-state index is 0.341. The first-order valence-electron chi connectivity index (χ1n) is 7.97. The summed E-state index contributed by atoms with van der Waals surface area (Å²) in [5, 5.41) is 13.1. The summed E-state index contributed by atoms with van der Waals surface area (Å²) in [5.74, 6) is 0.985. The Morgan fingerprint density at radius 2 is 1.90 bits per heavy atom. The van der Waals surface area contributed by atoms with E-state index in [0.717, 1.165) is 44.8 Å². The van der Waals surface area contributed by atoms with Crippen LogP contribution in [0.2, 0.25) is 0 Å². The molecule has 1 aliphatic heterocycles. The van der Waals surface area contributed by atoms with Gasteiger partial charge in [-0.1, -0.05) is 26.0 Å². The summed E-state index contributed by atoms with van der Waals surface area (Å²) in [7, 11) is 2.20. The van der Waals surface area contributed by atoms with E-state index in [1.807, 2.05) is 18.2 Å². The molecule has 21 heavy (non-hydrogen) atoms. The van der Waals surface area contributed by atoms with E-state index < -0.39 is 0 Å². The van der Waals surface area contributed by atoms with Gasteiger partial charge in [0.15, 0.2) is 0 Å². The van der Waals surface area contributed by atoms with Crippen LogP contribution in [0.4, 0.5) is 0 Å². The standard InChI is InChI=1S/C17H29N3O/c1-14(2)17(20-9-7-19(3)8-10-20)13-18-12-15-5-4-6-16(21)11-15/h4-6,11,14,17-18,21H,7-10,12-13H2,1-3H3. The number of hydrogen-bond acceptors (Lipinski definition) is 4. The van der Waals surface area contributed by atoms with Gasteiger partial charge in [0.05, 0.1) is 0 Å². The fourth-order valence-electron chi connectivity index (χ4n) is 2.97. The number of piperazine rings is 1. The SMILES string of the molecule is CC(C)C(CNCc1cccc(O)c1)N1CCN(C)CC1. The van der Waals surface area contributed by atoms with Crippen LogP contribution in [0.5, 0.6) is 5.75 Å². The average molecular weight is 291 g/mol. The molecule has 2 rings (SSSR count). The quantitative estimate of drug-likeness (QED) is 0.837. The van der Waals surface area contributed by atoms with E-state index >= 15 is 0 Å². The fraction of sp³-hybridized carbons (Fsp3) is 0.647. The van der Waals surface area contributed by atoms with Crippen LogP contribution in [0, 0.1) is 5.92 Å². The highest BCUT2D eigenvalue weighted by atomic mass is 16.3. The maximum absolute atomic E-state index is 9.50. The molecule has 0 saturated carbocycles. The molecule has 0 aromatic heterocycles. The lowest BCUT2D eigenvalue weighted by Gasteiger charge is -2.40. The third-order valence-corrected chi connectivity index (χ3v) is 4.37. The molecule has 1 aliphatic rings. The number of rotatable bonds is 6. The second kappa shape index (κ2) is 7.78. The van der Waals surface area contributed by atoms with Gasteiger partial charge in [-0.2, -0.15) is 0 Å². The number of phenols is 1. The number of nitrogens with zero attached hydrogens (tertiary/aromatic N) is 2. The van der Waals surface area contributed by atoms with Gasteiger partial charge in [0.1, 0.15) is 5.75 Å². The van der Waals surface area contributed by atoms with Crippen molar-refractivity contribution in [3.63, 3.8) is 0 Å². The molecule has 1 aromatic rings. The molecule has 1 heterocycles. The average Bonchev–Trinajstić information content (AvgIpc) is 2.45. The van der Waals surface area contributed by atoms with Gasteiger partial charge < -0.3 is 15.3 Å². The Morgan fingerprint density at radius 1 is 1.19 bits per heavy atom. The lowest BCUT2D eigenvalue weighted by atomic mass is 10.0. The third-order valence-electron chi connectivity index (χ3n) is 4.37. The molecule has 0 amide bonds. The van der Waals surface area contributed by atoms with Crippen molar-refractivity contribution in [3.05, 3.63) is 29.8 Å². The zero-order valence-corrected chi connectivity index (χ0v) is 13.5. The van der Waals surface area contributed by atoms with Crippen molar-refractivity contribution in [1.29, 1.82) is 0 Å². The molecular formula is C17H29N3O. The molecule has 4 nitrogen and oxygen atoms in total. The first kappa shape index (κ1) is 16.3. The zero-order chi connectivity index (χ0) is 15.2. The van der Waals surface area contributed by atoms with Crippen molar-refractivity contribution in [2.75, 3.05) is 39.8 Å². The van der Waals surface area contributed by atoms with E-state index in [-0.39, 0.29) is 0 Å². The Hall–Kier alpha value is -1.10. The molecule has 1 unspecified atom stereocenters. The predicted molar refractivity (Wildman–Crippen MR) is 87.5 cm³/mol. The third kappa shape index (κ3) is 4.99. The van der Waals surface area contributed by atoms with E-state index in [0.29, 0.717) is 17.7 Å². The lowest BCUT2D eigenvalue weighted by Crippen LogP contribution is -2.53. The molecule has 0 aliphatic carbocycles. The van der Waals surface area contributed by atoms with E-state index in [1.165, 1.54) is 0 Å². The molecule has 1 aromatic carbocycles. The summed E-state index contributed by atoms with van der Waals surface area (Å²) in [6.45, 7) is 11.1. The van der Waals surface area contributed by atoms with Crippen molar-refractivity contribution in [2.45, 2.75) is 26.4 Å². The second-order valence-electron chi connectivity index (χ2n) is 6.45. The van der Waals surface area contributed by atoms with Crippen molar-refractivity contribution >= 4 is 0 Å². The highest BCUT2D eigenvalue weighted by molar-refractivity contribution is 5.26. The normalized spacial score (nSPS) is 19.0. The molecule has 0 spiro atoms. The van der Waals surface area contributed by atoms with Gasteiger partial charge in [0, 0.05) is 45.3 Å². The number of benzene rings is 1. The summed E-state index contributed by atoms with van der Waals surface area (Å²) in [6, 6.07) is 8.06. The minimum Gasteiger partial charge on any atom is -0.508 e. The molecule has 4 heteroatoms. The molecule has 0 bridgehead atoms. The van der Waals surface area contributed by atoms with Gasteiger partial charge in [0.2, 0.25) is 0 Å². The van der Waals surface area contributed by atoms with E-state index in [2.05, 4.69) is 36.0 Å². The number of aromatic hydroxyl groups is 1. The van der Waals surface area contributed by atoms with Gasteiger partial charge in [-0.15, -0.1) is 0 Å². The summed E-state index contributed by atoms with van der Waals surface area (Å²) >= 11 is 0. The van der Waals surface area contributed by atoms with Crippen molar-refractivity contribution < 1.29 is 5.11 Å². The number of phenolic OH excluding ortho intramolecular Hbond substituents is 1. The molecule has 0 radical (unpaired) electrons. The topological polar surface area (TPSA) is 38.7 Å². The molecule has 1 fully saturated rings. The van der Waals surface area contributed by atoms with Crippen LogP contribution >= 0.6 is 0 Å². The monoisotopic (exact) mass is 291 g/mol. The van der Waals surface area contributed by atoms with E-state index in [4.69, 9.17) is 0 Å². The molecule has 118 valence electrons. The van der Waals surface area contributed by atoms with Gasteiger partial charge in [-0.25, -0.2) is 0 Å². The number of hydrogen-bond donors (Lipinski definition) is 2. The van der Waals surface area contributed by atoms with Crippen LogP contribution in [-0.2, 0) is 6.54 Å². The smallest absolute Gasteiger partial charge is 0.115 e. The zero-order valence-electron chi connectivity index (χ0n) is 13.5. The van der Waals surface area contributed by atoms with Crippen LogP contribution in [0.25, 0.3) is 0 Å². The van der Waals surface area contributed by atoms with E-state index in [1.54, 1.807) is 6.07 Å². The highest BCUT2D eigenvalue weighted by Crippen LogP contribution is 2.14. The lowest BCUT2D eigenvalue weighted by molar-refractivity contribution is 0.0875. The Bertz CT molecular complexity index is 428. The van der Waals surface area contributed by atoms with Crippen molar-refractivity contribution in [2.24, 2.45) is 5.92 Å². The molecule has 1 saturated heterocycles. The fourth-order valence-corrected chi connectivity index (χ4v) is 2.97. The van der Waals surface area contributed by atoms with Crippen molar-refractivity contribution in [1.82, 2.24) is 15.1 Å². The second-order valence-corrected chi connectivity index (χ2v) is 6.45. The summed E-state index contributed by atoms with van der Waals surface area (Å²) in [4.78, 5) is 5.01. The number of nitrogens with one attached hydrogen (secondary N) is 1. The summed E-state index contributed by atoms with van der Waals surface area (Å²) < 4.78 is 0. The van der Waals surface area contributed by atoms with Crippen LogP contribution in [0.1, 0.15) is 19.4 Å². The summed E-state index contributed by atoms with van der Waals surface area (Å²) in [6.07, 6.45) is 0. The van der Waals surface area contributed by atoms with Crippen LogP contribution < -0.4 is 5.32 Å².